The van der Waals surface area contributed by atoms with Crippen molar-refractivity contribution in [3.63, 3.8) is 0 Å². The number of aromatic nitrogens is 1. The molecule has 4 nitrogen and oxygen atoms in total. The van der Waals surface area contributed by atoms with Crippen molar-refractivity contribution in [3.8, 4) is 0 Å². The number of piperidine rings is 1. The third kappa shape index (κ3) is 4.31. The van der Waals surface area contributed by atoms with E-state index in [2.05, 4.69) is 15.6 Å². The molecular weight excluding hydrogens is 352 g/mol. The molecular formula is C16H17F2N3OS2. The Labute approximate surface area is 147 Å². The van der Waals surface area contributed by atoms with Crippen LogP contribution in [0, 0.1) is 0 Å². The van der Waals surface area contributed by atoms with Gasteiger partial charge in [-0.3, -0.25) is 10.1 Å². The Morgan fingerprint density at radius 1 is 1.33 bits per heavy atom. The van der Waals surface area contributed by atoms with E-state index in [-0.39, 0.29) is 10.5 Å². The van der Waals surface area contributed by atoms with Crippen LogP contribution < -0.4 is 10.6 Å². The largest absolute Gasteiger partial charge is 0.317 e. The molecule has 1 saturated heterocycles. The number of hydrogen-bond donors (Lipinski definition) is 2. The number of nitrogens with zero attached hydrogens (tertiary/aromatic N) is 1. The van der Waals surface area contributed by atoms with E-state index in [0.29, 0.717) is 22.8 Å². The summed E-state index contributed by atoms with van der Waals surface area (Å²) in [5, 5.41) is 6.55. The minimum absolute atomic E-state index is 0.237. The molecule has 1 amide bonds. The van der Waals surface area contributed by atoms with Crippen LogP contribution in [-0.2, 0) is 0 Å². The third-order valence-electron chi connectivity index (χ3n) is 3.83. The zero-order valence-electron chi connectivity index (χ0n) is 12.8. The standard InChI is InChI=1S/C16H17F2N3OS2/c17-15(18)23-12-4-2-1-3-11(12)14(22)21-16-20-9-13(24-16)10-5-7-19-8-6-10/h1-4,9-10,15,19H,5-8H2,(H,20,21,22). The lowest BCUT2D eigenvalue weighted by Gasteiger charge is -2.20. The molecule has 0 spiro atoms. The lowest BCUT2D eigenvalue weighted by atomic mass is 9.97. The number of thioether (sulfide) groups is 1. The van der Waals surface area contributed by atoms with Crippen molar-refractivity contribution in [2.75, 3.05) is 18.4 Å². The van der Waals surface area contributed by atoms with Crippen LogP contribution in [0.2, 0.25) is 0 Å². The molecule has 0 radical (unpaired) electrons. The van der Waals surface area contributed by atoms with E-state index >= 15 is 0 Å². The van der Waals surface area contributed by atoms with Crippen molar-refractivity contribution in [1.29, 1.82) is 0 Å². The lowest BCUT2D eigenvalue weighted by Crippen LogP contribution is -2.26. The molecule has 0 unspecified atom stereocenters. The Kier molecular flexibility index (Phi) is 5.80. The van der Waals surface area contributed by atoms with Gasteiger partial charge in [0, 0.05) is 16.0 Å². The molecule has 0 atom stereocenters. The summed E-state index contributed by atoms with van der Waals surface area (Å²) in [6.07, 6.45) is 3.92. The van der Waals surface area contributed by atoms with Crippen LogP contribution in [-0.4, -0.2) is 29.7 Å². The fraction of sp³-hybridized carbons (Fsp3) is 0.375. The maximum Gasteiger partial charge on any atom is 0.288 e. The number of benzene rings is 1. The normalized spacial score (nSPS) is 15.6. The summed E-state index contributed by atoms with van der Waals surface area (Å²) in [5.74, 6) is -2.51. The average Bonchev–Trinajstić information content (AvgIpc) is 3.04. The number of rotatable bonds is 5. The van der Waals surface area contributed by atoms with Crippen LogP contribution in [0.5, 0.6) is 0 Å². The predicted molar refractivity (Wildman–Crippen MR) is 93.2 cm³/mol. The molecule has 2 N–H and O–H groups in total. The monoisotopic (exact) mass is 369 g/mol. The fourth-order valence-corrected chi connectivity index (χ4v) is 4.27. The van der Waals surface area contributed by atoms with E-state index in [4.69, 9.17) is 0 Å². The number of amides is 1. The number of thiazole rings is 1. The van der Waals surface area contributed by atoms with Gasteiger partial charge < -0.3 is 5.32 Å². The van der Waals surface area contributed by atoms with Crippen molar-refractivity contribution in [3.05, 3.63) is 40.9 Å². The fourth-order valence-electron chi connectivity index (χ4n) is 2.66. The first-order valence-corrected chi connectivity index (χ1v) is 9.34. The number of carbonyl (C=O) groups excluding carboxylic acids is 1. The zero-order valence-corrected chi connectivity index (χ0v) is 14.4. The summed E-state index contributed by atoms with van der Waals surface area (Å²) in [5.41, 5.74) is 0.237. The highest BCUT2D eigenvalue weighted by Gasteiger charge is 2.20. The topological polar surface area (TPSA) is 54.0 Å². The molecule has 3 rings (SSSR count). The Hall–Kier alpha value is -1.51. The van der Waals surface area contributed by atoms with Gasteiger partial charge in [-0.1, -0.05) is 23.9 Å². The molecule has 1 aromatic heterocycles. The molecule has 1 aliphatic heterocycles. The van der Waals surface area contributed by atoms with Gasteiger partial charge in [-0.2, -0.15) is 8.78 Å². The first-order chi connectivity index (χ1) is 11.6. The van der Waals surface area contributed by atoms with Gasteiger partial charge >= 0.3 is 0 Å². The molecule has 2 heterocycles. The highest BCUT2D eigenvalue weighted by molar-refractivity contribution is 7.99. The van der Waals surface area contributed by atoms with Gasteiger partial charge in [0.15, 0.2) is 5.13 Å². The molecule has 0 bridgehead atoms. The molecule has 1 fully saturated rings. The van der Waals surface area contributed by atoms with E-state index < -0.39 is 11.7 Å². The van der Waals surface area contributed by atoms with Gasteiger partial charge in [0.1, 0.15) is 0 Å². The average molecular weight is 369 g/mol. The summed E-state index contributed by atoms with van der Waals surface area (Å²) >= 11 is 1.83. The summed E-state index contributed by atoms with van der Waals surface area (Å²) in [7, 11) is 0. The van der Waals surface area contributed by atoms with Crippen molar-refractivity contribution in [2.24, 2.45) is 0 Å². The first-order valence-electron chi connectivity index (χ1n) is 7.65. The number of alkyl halides is 2. The first kappa shape index (κ1) is 17.3. The molecule has 2 aromatic rings. The molecule has 0 saturated carbocycles. The summed E-state index contributed by atoms with van der Waals surface area (Å²) in [6.45, 7) is 1.98. The van der Waals surface area contributed by atoms with Crippen LogP contribution in [0.25, 0.3) is 0 Å². The second-order valence-electron chi connectivity index (χ2n) is 5.42. The van der Waals surface area contributed by atoms with Crippen molar-refractivity contribution < 1.29 is 13.6 Å². The number of anilines is 1. The molecule has 8 heteroatoms. The number of carbonyl (C=O) groups is 1. The van der Waals surface area contributed by atoms with Gasteiger partial charge in [-0.15, -0.1) is 11.3 Å². The van der Waals surface area contributed by atoms with Crippen LogP contribution in [0.15, 0.2) is 35.4 Å². The molecule has 24 heavy (non-hydrogen) atoms. The van der Waals surface area contributed by atoms with Crippen molar-refractivity contribution in [1.82, 2.24) is 10.3 Å². The highest BCUT2D eigenvalue weighted by atomic mass is 32.2. The Morgan fingerprint density at radius 2 is 2.08 bits per heavy atom. The van der Waals surface area contributed by atoms with E-state index in [9.17, 15) is 13.6 Å². The minimum Gasteiger partial charge on any atom is -0.317 e. The second kappa shape index (κ2) is 8.04. The molecule has 1 aromatic carbocycles. The molecule has 128 valence electrons. The van der Waals surface area contributed by atoms with Gasteiger partial charge in [0.25, 0.3) is 11.7 Å². The van der Waals surface area contributed by atoms with E-state index in [1.54, 1.807) is 24.4 Å². The summed E-state index contributed by atoms with van der Waals surface area (Å²) in [6, 6.07) is 6.36. The zero-order chi connectivity index (χ0) is 16.9. The van der Waals surface area contributed by atoms with Crippen molar-refractivity contribution in [2.45, 2.75) is 29.4 Å². The van der Waals surface area contributed by atoms with Crippen LogP contribution in [0.4, 0.5) is 13.9 Å². The van der Waals surface area contributed by atoms with Gasteiger partial charge in [-0.05, 0) is 44.0 Å². The van der Waals surface area contributed by atoms with Crippen LogP contribution >= 0.6 is 23.1 Å². The van der Waals surface area contributed by atoms with Gasteiger partial charge in [0.05, 0.1) is 5.56 Å². The number of nitrogens with one attached hydrogen (secondary N) is 2. The van der Waals surface area contributed by atoms with E-state index in [1.165, 1.54) is 17.4 Å². The maximum atomic E-state index is 12.6. The van der Waals surface area contributed by atoms with E-state index in [1.807, 2.05) is 0 Å². The summed E-state index contributed by atoms with van der Waals surface area (Å²) < 4.78 is 25.2. The smallest absolute Gasteiger partial charge is 0.288 e. The van der Waals surface area contributed by atoms with Crippen molar-refractivity contribution >= 4 is 34.1 Å². The Bertz CT molecular complexity index is 702. The number of hydrogen-bond acceptors (Lipinski definition) is 5. The van der Waals surface area contributed by atoms with Gasteiger partial charge in [-0.25, -0.2) is 4.98 Å². The summed E-state index contributed by atoms with van der Waals surface area (Å²) in [4.78, 5) is 18.1. The second-order valence-corrected chi connectivity index (χ2v) is 7.51. The Morgan fingerprint density at radius 3 is 2.83 bits per heavy atom. The Balaban J connectivity index is 1.70. The molecule has 1 aliphatic rings. The van der Waals surface area contributed by atoms with Gasteiger partial charge in [0.2, 0.25) is 0 Å². The SMILES string of the molecule is O=C(Nc1ncc(C2CCNCC2)s1)c1ccccc1SC(F)F. The van der Waals surface area contributed by atoms with Crippen LogP contribution in [0.3, 0.4) is 0 Å². The minimum atomic E-state index is -2.56. The maximum absolute atomic E-state index is 12.6. The molecule has 0 aliphatic carbocycles. The quantitative estimate of drug-likeness (QED) is 0.777. The van der Waals surface area contributed by atoms with Crippen LogP contribution in [0.1, 0.15) is 34.0 Å². The van der Waals surface area contributed by atoms with E-state index in [0.717, 1.165) is 30.8 Å². The highest BCUT2D eigenvalue weighted by Crippen LogP contribution is 2.33. The number of halogens is 2. The predicted octanol–water partition coefficient (Wildman–Crippen LogP) is 4.18. The lowest BCUT2D eigenvalue weighted by molar-refractivity contribution is 0.102. The third-order valence-corrected chi connectivity index (χ3v) is 5.70.